The van der Waals surface area contributed by atoms with Gasteiger partial charge in [0.1, 0.15) is 12.1 Å². The quantitative estimate of drug-likeness (QED) is 0.642. The molecule has 0 saturated carbocycles. The summed E-state index contributed by atoms with van der Waals surface area (Å²) in [4.78, 5) is 40.6. The monoisotopic (exact) mass is 424 g/mol. The first kappa shape index (κ1) is 20.3. The van der Waals surface area contributed by atoms with Crippen LogP contribution in [-0.2, 0) is 16.0 Å². The number of carbonyl (C=O) groups excluding carboxylic acids is 3. The molecule has 3 N–H and O–H groups in total. The van der Waals surface area contributed by atoms with Gasteiger partial charge in [-0.2, -0.15) is 0 Å². The minimum absolute atomic E-state index is 0.0965. The van der Waals surface area contributed by atoms with E-state index in [1.807, 2.05) is 60.9 Å². The minimum atomic E-state index is -0.571. The van der Waals surface area contributed by atoms with E-state index in [1.54, 1.807) is 16.7 Å². The van der Waals surface area contributed by atoms with E-state index in [9.17, 15) is 14.4 Å². The van der Waals surface area contributed by atoms with Gasteiger partial charge in [-0.25, -0.2) is 4.79 Å². The van der Waals surface area contributed by atoms with Gasteiger partial charge < -0.3 is 20.9 Å². The Morgan fingerprint density at radius 2 is 1.87 bits per heavy atom. The predicted octanol–water partition coefficient (Wildman–Crippen LogP) is 2.24. The van der Waals surface area contributed by atoms with Crippen molar-refractivity contribution < 1.29 is 14.4 Å². The molecule has 0 unspecified atom stereocenters. The number of carbonyl (C=O) groups is 3. The molecule has 2 aliphatic heterocycles. The fourth-order valence-corrected chi connectivity index (χ4v) is 4.39. The number of nitrogens with one attached hydrogen (secondary N) is 3. The maximum absolute atomic E-state index is 12.9. The molecule has 2 heterocycles. The van der Waals surface area contributed by atoms with Crippen molar-refractivity contribution in [1.29, 1.82) is 0 Å². The van der Waals surface area contributed by atoms with E-state index in [4.69, 9.17) is 0 Å². The van der Waals surface area contributed by atoms with Gasteiger partial charge >= 0.3 is 6.03 Å². The summed E-state index contributed by atoms with van der Waals surface area (Å²) >= 11 is 1.63. The van der Waals surface area contributed by atoms with Crippen LogP contribution in [0.3, 0.4) is 0 Å². The van der Waals surface area contributed by atoms with Gasteiger partial charge in [0.15, 0.2) is 0 Å². The molecule has 7 nitrogen and oxygen atoms in total. The van der Waals surface area contributed by atoms with Crippen LogP contribution in [0.25, 0.3) is 0 Å². The summed E-state index contributed by atoms with van der Waals surface area (Å²) in [5.41, 5.74) is 1.69. The van der Waals surface area contributed by atoms with Crippen molar-refractivity contribution in [3.63, 3.8) is 0 Å². The third-order valence-corrected chi connectivity index (χ3v) is 6.21. The lowest BCUT2D eigenvalue weighted by Gasteiger charge is -2.34. The Morgan fingerprint density at radius 3 is 2.57 bits per heavy atom. The molecule has 0 aromatic heterocycles. The number of fused-ring (bicyclic) bond motifs is 1. The highest BCUT2D eigenvalue weighted by Crippen LogP contribution is 2.24. The summed E-state index contributed by atoms with van der Waals surface area (Å²) in [6, 6.07) is 15.5. The third kappa shape index (κ3) is 4.43. The van der Waals surface area contributed by atoms with Crippen LogP contribution in [-0.4, -0.2) is 53.7 Å². The Morgan fingerprint density at radius 1 is 1.13 bits per heavy atom. The first-order chi connectivity index (χ1) is 14.5. The van der Waals surface area contributed by atoms with Crippen LogP contribution < -0.4 is 16.0 Å². The number of piperazine rings is 1. The van der Waals surface area contributed by atoms with Gasteiger partial charge in [0.2, 0.25) is 11.8 Å². The molecular weight excluding hydrogens is 400 g/mol. The maximum Gasteiger partial charge on any atom is 0.319 e. The van der Waals surface area contributed by atoms with Gasteiger partial charge in [-0.1, -0.05) is 30.3 Å². The molecule has 4 rings (SSSR count). The number of hydrogen-bond donors (Lipinski definition) is 3. The molecule has 2 saturated heterocycles. The van der Waals surface area contributed by atoms with Crippen molar-refractivity contribution in [2.75, 3.05) is 18.1 Å². The Labute approximate surface area is 179 Å². The van der Waals surface area contributed by atoms with Crippen molar-refractivity contribution >= 4 is 35.3 Å². The van der Waals surface area contributed by atoms with E-state index in [-0.39, 0.29) is 23.9 Å². The Hall–Kier alpha value is -3.00. The second-order valence-electron chi connectivity index (χ2n) is 7.52. The first-order valence-electron chi connectivity index (χ1n) is 9.90. The highest BCUT2D eigenvalue weighted by Gasteiger charge is 2.46. The van der Waals surface area contributed by atoms with Crippen LogP contribution in [0.5, 0.6) is 0 Å². The van der Waals surface area contributed by atoms with Gasteiger partial charge in [0.25, 0.3) is 0 Å². The zero-order valence-electron chi connectivity index (χ0n) is 16.6. The molecule has 0 aliphatic carbocycles. The maximum atomic E-state index is 12.9. The van der Waals surface area contributed by atoms with E-state index in [0.717, 1.165) is 10.5 Å². The first-order valence-corrected chi connectivity index (χ1v) is 11.1. The molecule has 156 valence electrons. The number of benzene rings is 2. The van der Waals surface area contributed by atoms with Crippen LogP contribution in [0.15, 0.2) is 59.5 Å². The summed E-state index contributed by atoms with van der Waals surface area (Å²) in [6.45, 7) is 0.334. The Balaban J connectivity index is 1.35. The molecule has 0 spiro atoms. The fourth-order valence-electron chi connectivity index (χ4n) is 3.98. The topological polar surface area (TPSA) is 90.5 Å². The average molecular weight is 425 g/mol. The van der Waals surface area contributed by atoms with Gasteiger partial charge in [-0.05, 0) is 42.5 Å². The lowest BCUT2D eigenvalue weighted by molar-refractivity contribution is -0.147. The Bertz CT molecular complexity index is 935. The van der Waals surface area contributed by atoms with E-state index < -0.39 is 12.1 Å². The second kappa shape index (κ2) is 8.79. The molecule has 0 bridgehead atoms. The number of anilines is 1. The highest BCUT2D eigenvalue weighted by molar-refractivity contribution is 7.98. The molecule has 2 fully saturated rings. The largest absolute Gasteiger partial charge is 0.342 e. The summed E-state index contributed by atoms with van der Waals surface area (Å²) in [5.74, 6) is -0.256. The summed E-state index contributed by atoms with van der Waals surface area (Å²) in [5, 5.41) is 8.54. The summed E-state index contributed by atoms with van der Waals surface area (Å²) in [7, 11) is 0. The molecule has 4 amide bonds. The van der Waals surface area contributed by atoms with Crippen LogP contribution in [0.1, 0.15) is 12.0 Å². The van der Waals surface area contributed by atoms with Gasteiger partial charge in [0, 0.05) is 23.5 Å². The number of nitrogens with zero attached hydrogens (tertiary/aromatic N) is 1. The normalized spacial score (nSPS) is 23.0. The zero-order chi connectivity index (χ0) is 21.1. The molecule has 2 aliphatic rings. The molecule has 2 aromatic carbocycles. The van der Waals surface area contributed by atoms with Crippen molar-refractivity contribution in [2.45, 2.75) is 35.9 Å². The fraction of sp³-hybridized carbons (Fsp3) is 0.318. The van der Waals surface area contributed by atoms with E-state index in [2.05, 4.69) is 16.0 Å². The van der Waals surface area contributed by atoms with E-state index >= 15 is 0 Å². The predicted molar refractivity (Wildman–Crippen MR) is 116 cm³/mol. The minimum Gasteiger partial charge on any atom is -0.342 e. The number of hydrogen-bond acceptors (Lipinski definition) is 4. The molecular formula is C22H24N4O3S. The molecule has 30 heavy (non-hydrogen) atoms. The van der Waals surface area contributed by atoms with Crippen LogP contribution in [0.4, 0.5) is 10.5 Å². The van der Waals surface area contributed by atoms with E-state index in [1.165, 1.54) is 0 Å². The lowest BCUT2D eigenvalue weighted by Crippen LogP contribution is -2.61. The third-order valence-electron chi connectivity index (χ3n) is 5.47. The summed E-state index contributed by atoms with van der Waals surface area (Å²) in [6.07, 6.45) is 2.86. The zero-order valence-corrected chi connectivity index (χ0v) is 17.4. The second-order valence-corrected chi connectivity index (χ2v) is 8.40. The molecule has 3 atom stereocenters. The smallest absolute Gasteiger partial charge is 0.319 e. The van der Waals surface area contributed by atoms with Crippen molar-refractivity contribution in [3.05, 3.63) is 60.2 Å². The van der Waals surface area contributed by atoms with Crippen LogP contribution in [0, 0.1) is 0 Å². The van der Waals surface area contributed by atoms with Gasteiger partial charge in [-0.3, -0.25) is 9.59 Å². The molecule has 8 heteroatoms. The van der Waals surface area contributed by atoms with E-state index in [0.29, 0.717) is 25.1 Å². The standard InChI is InChI=1S/C22H24N4O3S/c1-30-17-9-7-15(8-10-17)23-22(29)24-16-12-19-20(27)25-18(21(28)26(19)13-16)11-14-5-3-2-4-6-14/h2-10,16,18-19H,11-13H2,1H3,(H,25,27)(H2,23,24,29)/t16-,18-,19-/m0/s1. The molecule has 2 aromatic rings. The van der Waals surface area contributed by atoms with Gasteiger partial charge in [0.05, 0.1) is 6.04 Å². The summed E-state index contributed by atoms with van der Waals surface area (Å²) < 4.78 is 0. The van der Waals surface area contributed by atoms with Crippen molar-refractivity contribution in [3.8, 4) is 0 Å². The lowest BCUT2D eigenvalue weighted by atomic mass is 10.0. The van der Waals surface area contributed by atoms with Crippen LogP contribution >= 0.6 is 11.8 Å². The van der Waals surface area contributed by atoms with Crippen LogP contribution in [0.2, 0.25) is 0 Å². The Kier molecular flexibility index (Phi) is 5.94. The highest BCUT2D eigenvalue weighted by atomic mass is 32.2. The number of urea groups is 1. The number of rotatable bonds is 5. The SMILES string of the molecule is CSc1ccc(NC(=O)N[C@H]2C[C@H]3C(=O)N[C@@H](Cc4ccccc4)C(=O)N3C2)cc1. The number of amides is 4. The molecule has 0 radical (unpaired) electrons. The average Bonchev–Trinajstić information content (AvgIpc) is 3.17. The van der Waals surface area contributed by atoms with Crippen molar-refractivity contribution in [1.82, 2.24) is 15.5 Å². The van der Waals surface area contributed by atoms with Gasteiger partial charge in [-0.15, -0.1) is 11.8 Å². The van der Waals surface area contributed by atoms with Crippen molar-refractivity contribution in [2.24, 2.45) is 0 Å². The number of thioether (sulfide) groups is 1.